The van der Waals surface area contributed by atoms with E-state index in [2.05, 4.69) is 22.1 Å². The highest BCUT2D eigenvalue weighted by molar-refractivity contribution is 5.96. The summed E-state index contributed by atoms with van der Waals surface area (Å²) in [7, 11) is 3.24. The minimum atomic E-state index is 0.0769. The van der Waals surface area contributed by atoms with Crippen molar-refractivity contribution in [1.29, 1.82) is 5.26 Å². The number of ether oxygens (including phenoxy) is 4. The van der Waals surface area contributed by atoms with E-state index in [0.717, 1.165) is 46.1 Å². The second kappa shape index (κ2) is 9.46. The number of H-pyrrole nitrogens is 1. The monoisotopic (exact) mass is 455 g/mol. The molecule has 4 aromatic rings. The Morgan fingerprint density at radius 1 is 0.941 bits per heavy atom. The van der Waals surface area contributed by atoms with Crippen LogP contribution in [0.25, 0.3) is 33.3 Å². The van der Waals surface area contributed by atoms with E-state index in [4.69, 9.17) is 18.9 Å². The first-order chi connectivity index (χ1) is 16.7. The zero-order valence-electron chi connectivity index (χ0n) is 19.1. The molecule has 2 aromatic heterocycles. The first kappa shape index (κ1) is 21.8. The Kier molecular flexibility index (Phi) is 6.07. The van der Waals surface area contributed by atoms with Gasteiger partial charge in [0.15, 0.2) is 11.5 Å². The lowest BCUT2D eigenvalue weighted by Crippen LogP contribution is -2.26. The summed E-state index contributed by atoms with van der Waals surface area (Å²) in [4.78, 5) is 7.85. The van der Waals surface area contributed by atoms with Gasteiger partial charge in [0.25, 0.3) is 0 Å². The number of rotatable bonds is 6. The molecule has 34 heavy (non-hydrogen) atoms. The fraction of sp³-hybridized carbons (Fsp3) is 0.259. The van der Waals surface area contributed by atoms with Crippen molar-refractivity contribution in [2.24, 2.45) is 0 Å². The molecule has 0 atom stereocenters. The molecule has 172 valence electrons. The van der Waals surface area contributed by atoms with E-state index in [-0.39, 0.29) is 6.10 Å². The van der Waals surface area contributed by atoms with Gasteiger partial charge in [0.05, 0.1) is 33.0 Å². The maximum Gasteiger partial charge on any atom is 0.161 e. The lowest BCUT2D eigenvalue weighted by molar-refractivity contribution is 0.0254. The second-order valence-corrected chi connectivity index (χ2v) is 8.14. The summed E-state index contributed by atoms with van der Waals surface area (Å²) in [6.07, 6.45) is 5.49. The van der Waals surface area contributed by atoms with Gasteiger partial charge in [-0.15, -0.1) is 0 Å². The van der Waals surface area contributed by atoms with Gasteiger partial charge in [0, 0.05) is 41.7 Å². The summed E-state index contributed by atoms with van der Waals surface area (Å²) in [6.45, 7) is 1.38. The van der Waals surface area contributed by atoms with Crippen LogP contribution in [0.15, 0.2) is 54.9 Å². The number of hydrogen-bond donors (Lipinski definition) is 1. The molecular weight excluding hydrogens is 430 g/mol. The number of nitrogens with zero attached hydrogens (tertiary/aromatic N) is 2. The average molecular weight is 456 g/mol. The highest BCUT2D eigenvalue weighted by Crippen LogP contribution is 2.36. The van der Waals surface area contributed by atoms with Crippen LogP contribution in [0.4, 0.5) is 0 Å². The fourth-order valence-electron chi connectivity index (χ4n) is 4.28. The Bertz CT molecular complexity index is 1370. The molecule has 3 heterocycles. The van der Waals surface area contributed by atoms with Gasteiger partial charge in [0.2, 0.25) is 0 Å². The van der Waals surface area contributed by atoms with Gasteiger partial charge >= 0.3 is 0 Å². The van der Waals surface area contributed by atoms with E-state index in [1.54, 1.807) is 14.2 Å². The number of pyridine rings is 1. The molecule has 1 saturated heterocycles. The van der Waals surface area contributed by atoms with Crippen molar-refractivity contribution >= 4 is 11.0 Å². The van der Waals surface area contributed by atoms with Crippen LogP contribution in [0.2, 0.25) is 0 Å². The number of methoxy groups -OCH3 is 2. The molecule has 7 nitrogen and oxygen atoms in total. The van der Waals surface area contributed by atoms with Crippen molar-refractivity contribution < 1.29 is 18.9 Å². The number of aromatic amines is 1. The Morgan fingerprint density at radius 3 is 2.47 bits per heavy atom. The minimum Gasteiger partial charge on any atom is -0.493 e. The van der Waals surface area contributed by atoms with Crippen LogP contribution in [-0.2, 0) is 4.74 Å². The minimum absolute atomic E-state index is 0.0769. The van der Waals surface area contributed by atoms with Gasteiger partial charge in [-0.3, -0.25) is 0 Å². The SMILES string of the molecule is COc1ccc(-c2cnc3[nH]cc(-c4ccc(OC5CCOCC5)c(C#N)c4)c3c2)cc1OC. The molecular formula is C27H25N3O4. The number of benzene rings is 2. The summed E-state index contributed by atoms with van der Waals surface area (Å²) in [5, 5.41) is 10.7. The van der Waals surface area contributed by atoms with Gasteiger partial charge in [-0.05, 0) is 41.5 Å². The summed E-state index contributed by atoms with van der Waals surface area (Å²) in [6, 6.07) is 15.9. The summed E-state index contributed by atoms with van der Waals surface area (Å²) >= 11 is 0. The maximum absolute atomic E-state index is 9.77. The van der Waals surface area contributed by atoms with Crippen molar-refractivity contribution in [2.45, 2.75) is 18.9 Å². The third-order valence-electron chi connectivity index (χ3n) is 6.12. The Balaban J connectivity index is 1.50. The van der Waals surface area contributed by atoms with Gasteiger partial charge in [-0.1, -0.05) is 12.1 Å². The molecule has 1 N–H and O–H groups in total. The van der Waals surface area contributed by atoms with Crippen LogP contribution in [0, 0.1) is 11.3 Å². The summed E-state index contributed by atoms with van der Waals surface area (Å²) < 4.78 is 22.3. The largest absolute Gasteiger partial charge is 0.493 e. The first-order valence-electron chi connectivity index (χ1n) is 11.2. The van der Waals surface area contributed by atoms with Crippen LogP contribution in [0.5, 0.6) is 17.2 Å². The van der Waals surface area contributed by atoms with Crippen LogP contribution in [0.3, 0.4) is 0 Å². The highest BCUT2D eigenvalue weighted by atomic mass is 16.5. The van der Waals surface area contributed by atoms with Gasteiger partial charge in [0.1, 0.15) is 23.6 Å². The van der Waals surface area contributed by atoms with Crippen LogP contribution >= 0.6 is 0 Å². The quantitative estimate of drug-likeness (QED) is 0.422. The molecule has 0 amide bonds. The predicted octanol–water partition coefficient (Wildman–Crippen LogP) is 5.34. The Hall–Kier alpha value is -4.02. The van der Waals surface area contributed by atoms with Crippen molar-refractivity contribution in [1.82, 2.24) is 9.97 Å². The van der Waals surface area contributed by atoms with Crippen LogP contribution in [-0.4, -0.2) is 43.5 Å². The van der Waals surface area contributed by atoms with Crippen molar-refractivity contribution in [3.05, 3.63) is 60.4 Å². The number of nitriles is 1. The number of nitrogens with one attached hydrogen (secondary N) is 1. The van der Waals surface area contributed by atoms with Crippen LogP contribution in [0.1, 0.15) is 18.4 Å². The summed E-state index contributed by atoms with van der Waals surface area (Å²) in [5.74, 6) is 1.95. The standard InChI is InChI=1S/C27H25N3O4/c1-31-25-6-3-17(13-26(25)32-2)20-12-22-23(16-30-27(22)29-15-20)18-4-5-24(19(11-18)14-28)34-21-7-9-33-10-8-21/h3-6,11-13,15-16,21H,7-10H2,1-2H3,(H,29,30). The zero-order valence-corrected chi connectivity index (χ0v) is 19.1. The zero-order chi connectivity index (χ0) is 23.5. The lowest BCUT2D eigenvalue weighted by Gasteiger charge is -2.23. The summed E-state index contributed by atoms with van der Waals surface area (Å²) in [5.41, 5.74) is 5.11. The molecule has 0 spiro atoms. The Labute approximate surface area is 197 Å². The van der Waals surface area contributed by atoms with E-state index >= 15 is 0 Å². The smallest absolute Gasteiger partial charge is 0.161 e. The Morgan fingerprint density at radius 2 is 1.71 bits per heavy atom. The molecule has 1 aliphatic heterocycles. The molecule has 0 unspecified atom stereocenters. The molecule has 7 heteroatoms. The van der Waals surface area contributed by atoms with E-state index in [1.165, 1.54) is 0 Å². The second-order valence-electron chi connectivity index (χ2n) is 8.14. The predicted molar refractivity (Wildman–Crippen MR) is 129 cm³/mol. The normalized spacial score (nSPS) is 14.0. The van der Waals surface area contributed by atoms with Gasteiger partial charge < -0.3 is 23.9 Å². The molecule has 5 rings (SSSR count). The van der Waals surface area contributed by atoms with Crippen LogP contribution < -0.4 is 14.2 Å². The van der Waals surface area contributed by atoms with Crippen molar-refractivity contribution in [2.75, 3.05) is 27.4 Å². The molecule has 0 aliphatic carbocycles. The highest BCUT2D eigenvalue weighted by Gasteiger charge is 2.18. The molecule has 1 aliphatic rings. The molecule has 0 saturated carbocycles. The van der Waals surface area contributed by atoms with E-state index in [1.807, 2.05) is 48.8 Å². The number of hydrogen-bond acceptors (Lipinski definition) is 6. The van der Waals surface area contributed by atoms with Crippen molar-refractivity contribution in [3.8, 4) is 45.6 Å². The van der Waals surface area contributed by atoms with E-state index in [9.17, 15) is 5.26 Å². The molecule has 1 fully saturated rings. The third kappa shape index (κ3) is 4.16. The fourth-order valence-corrected chi connectivity index (χ4v) is 4.28. The van der Waals surface area contributed by atoms with E-state index in [0.29, 0.717) is 36.0 Å². The average Bonchev–Trinajstić information content (AvgIpc) is 3.32. The van der Waals surface area contributed by atoms with Crippen molar-refractivity contribution in [3.63, 3.8) is 0 Å². The topological polar surface area (TPSA) is 89.4 Å². The maximum atomic E-state index is 9.77. The molecule has 0 bridgehead atoms. The lowest BCUT2D eigenvalue weighted by atomic mass is 10.0. The molecule has 2 aromatic carbocycles. The van der Waals surface area contributed by atoms with Gasteiger partial charge in [-0.25, -0.2) is 4.98 Å². The van der Waals surface area contributed by atoms with Gasteiger partial charge in [-0.2, -0.15) is 5.26 Å². The molecule has 0 radical (unpaired) electrons. The number of aromatic nitrogens is 2. The third-order valence-corrected chi connectivity index (χ3v) is 6.12. The number of fused-ring (bicyclic) bond motifs is 1. The first-order valence-corrected chi connectivity index (χ1v) is 11.2. The van der Waals surface area contributed by atoms with E-state index < -0.39 is 0 Å².